The van der Waals surface area contributed by atoms with Crippen molar-refractivity contribution in [3.63, 3.8) is 0 Å². The van der Waals surface area contributed by atoms with Gasteiger partial charge in [0.1, 0.15) is 0 Å². The molecule has 0 bridgehead atoms. The van der Waals surface area contributed by atoms with E-state index in [2.05, 4.69) is 55.3 Å². The molecule has 3 atom stereocenters. The van der Waals surface area contributed by atoms with Gasteiger partial charge in [-0.25, -0.2) is 0 Å². The molecule has 112 valence electrons. The Labute approximate surface area is 123 Å². The lowest BCUT2D eigenvalue weighted by atomic mass is 9.95. The van der Waals surface area contributed by atoms with Gasteiger partial charge >= 0.3 is 0 Å². The predicted octanol–water partition coefficient (Wildman–Crippen LogP) is 3.22. The van der Waals surface area contributed by atoms with Crippen LogP contribution in [0, 0.1) is 5.92 Å². The molecule has 1 fully saturated rings. The summed E-state index contributed by atoms with van der Waals surface area (Å²) in [6.45, 7) is 9.77. The lowest BCUT2D eigenvalue weighted by molar-refractivity contribution is 0.0498. The molecule has 2 rings (SSSR count). The van der Waals surface area contributed by atoms with Crippen molar-refractivity contribution in [2.45, 2.75) is 39.3 Å². The van der Waals surface area contributed by atoms with E-state index in [4.69, 9.17) is 4.74 Å². The Kier molecular flexibility index (Phi) is 5.44. The standard InChI is InChI=1S/C17H28N2O/c1-5-18-14(3)15-6-8-16(9-7-15)19-11-10-13(2)17(12-19)20-4/h6-9,13-14,17-18H,5,10-12H2,1-4H3. The number of anilines is 1. The number of nitrogens with one attached hydrogen (secondary N) is 1. The zero-order valence-electron chi connectivity index (χ0n) is 13.2. The first kappa shape index (κ1) is 15.3. The highest BCUT2D eigenvalue weighted by atomic mass is 16.5. The second kappa shape index (κ2) is 7.09. The molecule has 1 N–H and O–H groups in total. The summed E-state index contributed by atoms with van der Waals surface area (Å²) in [5, 5.41) is 3.45. The van der Waals surface area contributed by atoms with Crippen LogP contribution in [0.15, 0.2) is 24.3 Å². The van der Waals surface area contributed by atoms with Gasteiger partial charge in [-0.2, -0.15) is 0 Å². The number of hydrogen-bond acceptors (Lipinski definition) is 3. The molecule has 0 saturated carbocycles. The molecular formula is C17H28N2O. The quantitative estimate of drug-likeness (QED) is 0.893. The predicted molar refractivity (Wildman–Crippen MR) is 85.3 cm³/mol. The van der Waals surface area contributed by atoms with E-state index in [0.717, 1.165) is 19.6 Å². The van der Waals surface area contributed by atoms with E-state index in [1.165, 1.54) is 17.7 Å². The number of benzene rings is 1. The highest BCUT2D eigenvalue weighted by molar-refractivity contribution is 5.48. The summed E-state index contributed by atoms with van der Waals surface area (Å²) in [6.07, 6.45) is 1.55. The molecular weight excluding hydrogens is 248 g/mol. The van der Waals surface area contributed by atoms with Crippen molar-refractivity contribution in [2.24, 2.45) is 5.92 Å². The minimum absolute atomic E-state index is 0.351. The van der Waals surface area contributed by atoms with E-state index in [1.807, 2.05) is 7.11 Å². The van der Waals surface area contributed by atoms with Gasteiger partial charge < -0.3 is 15.0 Å². The minimum atomic E-state index is 0.351. The Hall–Kier alpha value is -1.06. The molecule has 1 aliphatic heterocycles. The normalized spacial score (nSPS) is 24.7. The molecule has 0 radical (unpaired) electrons. The van der Waals surface area contributed by atoms with Gasteiger partial charge in [-0.15, -0.1) is 0 Å². The summed E-state index contributed by atoms with van der Waals surface area (Å²) in [7, 11) is 1.83. The number of ether oxygens (including phenoxy) is 1. The largest absolute Gasteiger partial charge is 0.379 e. The topological polar surface area (TPSA) is 24.5 Å². The second-order valence-electron chi connectivity index (χ2n) is 5.86. The van der Waals surface area contributed by atoms with Gasteiger partial charge in [-0.3, -0.25) is 0 Å². The maximum atomic E-state index is 5.60. The van der Waals surface area contributed by atoms with E-state index >= 15 is 0 Å². The molecule has 20 heavy (non-hydrogen) atoms. The van der Waals surface area contributed by atoms with Gasteiger partial charge in [0, 0.05) is 31.9 Å². The second-order valence-corrected chi connectivity index (χ2v) is 5.86. The number of methoxy groups -OCH3 is 1. The first-order valence-electron chi connectivity index (χ1n) is 7.76. The Morgan fingerprint density at radius 3 is 2.65 bits per heavy atom. The molecule has 0 aliphatic carbocycles. The SMILES string of the molecule is CCNC(C)c1ccc(N2CCC(C)C(OC)C2)cc1. The molecule has 1 heterocycles. The third-order valence-electron chi connectivity index (χ3n) is 4.46. The Morgan fingerprint density at radius 2 is 2.05 bits per heavy atom. The molecule has 3 unspecified atom stereocenters. The van der Waals surface area contributed by atoms with Gasteiger partial charge in [0.25, 0.3) is 0 Å². The molecule has 1 aromatic carbocycles. The van der Waals surface area contributed by atoms with Crippen molar-refractivity contribution < 1.29 is 4.74 Å². The van der Waals surface area contributed by atoms with Crippen LogP contribution < -0.4 is 10.2 Å². The average molecular weight is 276 g/mol. The molecule has 3 nitrogen and oxygen atoms in total. The molecule has 0 spiro atoms. The minimum Gasteiger partial charge on any atom is -0.379 e. The Bertz CT molecular complexity index is 404. The number of piperidine rings is 1. The van der Waals surface area contributed by atoms with Crippen molar-refractivity contribution in [1.29, 1.82) is 0 Å². The molecule has 1 aromatic rings. The van der Waals surface area contributed by atoms with Crippen LogP contribution in [-0.4, -0.2) is 32.8 Å². The van der Waals surface area contributed by atoms with Gasteiger partial charge in [0.05, 0.1) is 6.10 Å². The van der Waals surface area contributed by atoms with Gasteiger partial charge in [-0.1, -0.05) is 26.0 Å². The molecule has 1 aliphatic rings. The summed E-state index contributed by atoms with van der Waals surface area (Å²) in [4.78, 5) is 2.44. The van der Waals surface area contributed by atoms with Crippen molar-refractivity contribution in [3.8, 4) is 0 Å². The van der Waals surface area contributed by atoms with Gasteiger partial charge in [-0.05, 0) is 43.5 Å². The van der Waals surface area contributed by atoms with Crippen molar-refractivity contribution in [2.75, 3.05) is 31.6 Å². The van der Waals surface area contributed by atoms with E-state index in [9.17, 15) is 0 Å². The fourth-order valence-corrected chi connectivity index (χ4v) is 2.97. The molecule has 0 amide bonds. The third-order valence-corrected chi connectivity index (χ3v) is 4.46. The highest BCUT2D eigenvalue weighted by Gasteiger charge is 2.26. The van der Waals surface area contributed by atoms with Crippen LogP contribution in [-0.2, 0) is 4.74 Å². The average Bonchev–Trinajstić information content (AvgIpc) is 2.48. The first-order valence-corrected chi connectivity index (χ1v) is 7.76. The van der Waals surface area contributed by atoms with E-state index in [1.54, 1.807) is 0 Å². The number of nitrogens with zero attached hydrogens (tertiary/aromatic N) is 1. The van der Waals surface area contributed by atoms with E-state index in [-0.39, 0.29) is 0 Å². The Morgan fingerprint density at radius 1 is 1.35 bits per heavy atom. The van der Waals surface area contributed by atoms with Crippen molar-refractivity contribution in [1.82, 2.24) is 5.32 Å². The summed E-state index contributed by atoms with van der Waals surface area (Å²) >= 11 is 0. The van der Waals surface area contributed by atoms with Crippen LogP contribution >= 0.6 is 0 Å². The summed E-state index contributed by atoms with van der Waals surface area (Å²) in [5.74, 6) is 0.657. The van der Waals surface area contributed by atoms with Gasteiger partial charge in [0.2, 0.25) is 0 Å². The molecule has 3 heteroatoms. The van der Waals surface area contributed by atoms with Gasteiger partial charge in [0.15, 0.2) is 0 Å². The highest BCUT2D eigenvalue weighted by Crippen LogP contribution is 2.26. The zero-order valence-corrected chi connectivity index (χ0v) is 13.2. The van der Waals surface area contributed by atoms with Crippen LogP contribution in [0.25, 0.3) is 0 Å². The third kappa shape index (κ3) is 3.53. The van der Waals surface area contributed by atoms with Crippen LogP contribution in [0.1, 0.15) is 38.8 Å². The van der Waals surface area contributed by atoms with Crippen LogP contribution in [0.2, 0.25) is 0 Å². The van der Waals surface area contributed by atoms with Crippen LogP contribution in [0.4, 0.5) is 5.69 Å². The fraction of sp³-hybridized carbons (Fsp3) is 0.647. The van der Waals surface area contributed by atoms with Crippen molar-refractivity contribution >= 4 is 5.69 Å². The first-order chi connectivity index (χ1) is 9.65. The van der Waals surface area contributed by atoms with Crippen LogP contribution in [0.5, 0.6) is 0 Å². The lowest BCUT2D eigenvalue weighted by Gasteiger charge is -2.37. The lowest BCUT2D eigenvalue weighted by Crippen LogP contribution is -2.43. The fourth-order valence-electron chi connectivity index (χ4n) is 2.97. The summed E-state index contributed by atoms with van der Waals surface area (Å²) in [5.41, 5.74) is 2.66. The summed E-state index contributed by atoms with van der Waals surface area (Å²) < 4.78 is 5.60. The maximum Gasteiger partial charge on any atom is 0.0772 e. The number of rotatable bonds is 5. The number of hydrogen-bond donors (Lipinski definition) is 1. The van der Waals surface area contributed by atoms with E-state index < -0.39 is 0 Å². The monoisotopic (exact) mass is 276 g/mol. The smallest absolute Gasteiger partial charge is 0.0772 e. The maximum absolute atomic E-state index is 5.60. The van der Waals surface area contributed by atoms with Crippen LogP contribution in [0.3, 0.4) is 0 Å². The summed E-state index contributed by atoms with van der Waals surface area (Å²) in [6, 6.07) is 9.38. The zero-order chi connectivity index (χ0) is 14.5. The van der Waals surface area contributed by atoms with E-state index in [0.29, 0.717) is 18.1 Å². The molecule has 0 aromatic heterocycles. The Balaban J connectivity index is 2.03. The van der Waals surface area contributed by atoms with Crippen molar-refractivity contribution in [3.05, 3.63) is 29.8 Å². The molecule has 1 saturated heterocycles.